The van der Waals surface area contributed by atoms with E-state index in [0.29, 0.717) is 0 Å². The summed E-state index contributed by atoms with van der Waals surface area (Å²) in [5.41, 5.74) is 0.246. The molecular weight excluding hydrogens is 176 g/mol. The third kappa shape index (κ3) is 4.88. The van der Waals surface area contributed by atoms with Crippen LogP contribution in [-0.2, 0) is 20.9 Å². The lowest BCUT2D eigenvalue weighted by atomic mass is 9.86. The van der Waals surface area contributed by atoms with Crippen LogP contribution in [-0.4, -0.2) is 9.30 Å². The Labute approximate surface area is 77.0 Å². The Balaban J connectivity index is 4.25. The molecule has 0 aliphatic rings. The van der Waals surface area contributed by atoms with E-state index in [0.717, 1.165) is 6.42 Å². The van der Waals surface area contributed by atoms with E-state index >= 15 is 0 Å². The molecule has 1 nitrogen and oxygen atoms in total. The monoisotopic (exact) mass is 194 g/mol. The second-order valence-corrected chi connectivity index (χ2v) is 7.30. The zero-order valence-corrected chi connectivity index (χ0v) is 9.60. The fourth-order valence-electron chi connectivity index (χ4n) is 1.34. The lowest BCUT2D eigenvalue weighted by Crippen LogP contribution is -2.30. The second kappa shape index (κ2) is 3.50. The average molecular weight is 194 g/mol. The van der Waals surface area contributed by atoms with Crippen LogP contribution in [0.5, 0.6) is 0 Å². The summed E-state index contributed by atoms with van der Waals surface area (Å²) in [5, 5.41) is 0. The minimum absolute atomic E-state index is 0.117. The van der Waals surface area contributed by atoms with Gasteiger partial charge in [0.25, 0.3) is 0 Å². The average Bonchev–Trinajstić information content (AvgIpc) is 1.56. The van der Waals surface area contributed by atoms with Gasteiger partial charge in [0.1, 0.15) is 0 Å². The molecule has 0 rings (SSSR count). The molecule has 68 valence electrons. The normalized spacial score (nSPS) is 16.5. The molecule has 0 spiro atoms. The Morgan fingerprint density at radius 3 is 1.64 bits per heavy atom. The van der Waals surface area contributed by atoms with Gasteiger partial charge < -0.3 is 4.55 Å². The summed E-state index contributed by atoms with van der Waals surface area (Å²) in [7, 11) is -0.889. The highest BCUT2D eigenvalue weighted by Gasteiger charge is 2.27. The van der Waals surface area contributed by atoms with Crippen LogP contribution < -0.4 is 0 Å². The first-order valence-electron chi connectivity index (χ1n) is 3.76. The molecule has 0 saturated heterocycles. The molecule has 3 heteroatoms. The topological polar surface area (TPSA) is 20.2 Å². The van der Waals surface area contributed by atoms with Crippen molar-refractivity contribution in [2.45, 2.75) is 45.8 Å². The molecule has 0 aliphatic carbocycles. The highest BCUT2D eigenvalue weighted by atomic mass is 32.8. The van der Waals surface area contributed by atoms with Gasteiger partial charge in [-0.2, -0.15) is 0 Å². The van der Waals surface area contributed by atoms with Crippen LogP contribution in [0.1, 0.15) is 41.0 Å². The van der Waals surface area contributed by atoms with Crippen molar-refractivity contribution in [3.05, 3.63) is 0 Å². The van der Waals surface area contributed by atoms with Crippen LogP contribution in [0.2, 0.25) is 0 Å². The van der Waals surface area contributed by atoms with Crippen LogP contribution >= 0.6 is 0 Å². The van der Waals surface area contributed by atoms with Crippen molar-refractivity contribution in [3.63, 3.8) is 0 Å². The van der Waals surface area contributed by atoms with E-state index in [1.54, 1.807) is 0 Å². The van der Waals surface area contributed by atoms with E-state index in [1.807, 2.05) is 13.8 Å². The molecule has 1 unspecified atom stereocenters. The van der Waals surface area contributed by atoms with Crippen molar-refractivity contribution >= 4 is 20.9 Å². The van der Waals surface area contributed by atoms with Crippen LogP contribution in [0.25, 0.3) is 0 Å². The van der Waals surface area contributed by atoms with Crippen molar-refractivity contribution in [3.8, 4) is 0 Å². The molecule has 0 bridgehead atoms. The molecule has 0 radical (unpaired) electrons. The first kappa shape index (κ1) is 11.5. The van der Waals surface area contributed by atoms with Gasteiger partial charge in [-0.15, -0.1) is 0 Å². The summed E-state index contributed by atoms with van der Waals surface area (Å²) < 4.78 is 9.17. The second-order valence-electron chi connectivity index (χ2n) is 4.75. The molecule has 0 aromatic carbocycles. The summed E-state index contributed by atoms with van der Waals surface area (Å²) in [4.78, 5) is 0. The molecule has 1 N–H and O–H groups in total. The van der Waals surface area contributed by atoms with Gasteiger partial charge in [0.05, 0.1) is 0 Å². The van der Waals surface area contributed by atoms with Gasteiger partial charge in [-0.1, -0.05) is 20.8 Å². The Morgan fingerprint density at radius 1 is 1.18 bits per heavy atom. The number of rotatable bonds is 2. The Hall–Kier alpha value is 0.530. The first-order valence-corrected chi connectivity index (χ1v) is 5.87. The highest BCUT2D eigenvalue weighted by molar-refractivity contribution is 8.26. The Bertz CT molecular complexity index is 156. The number of hydrogen-bond acceptors (Lipinski definition) is 1. The third-order valence-corrected chi connectivity index (χ3v) is 3.87. The zero-order chi connectivity index (χ0) is 9.28. The first-order chi connectivity index (χ1) is 4.65. The maximum atomic E-state index is 9.29. The molecule has 1 atom stereocenters. The van der Waals surface area contributed by atoms with Gasteiger partial charge in [-0.25, -0.2) is 0 Å². The molecule has 11 heavy (non-hydrogen) atoms. The Kier molecular flexibility index (Phi) is 3.67. The third-order valence-electron chi connectivity index (χ3n) is 1.43. The van der Waals surface area contributed by atoms with Crippen LogP contribution in [0.3, 0.4) is 0 Å². The smallest absolute Gasteiger partial charge is 0.0396 e. The Morgan fingerprint density at radius 2 is 1.55 bits per heavy atom. The fraction of sp³-hybridized carbons (Fsp3) is 1.00. The fourth-order valence-corrected chi connectivity index (χ4v) is 2.07. The van der Waals surface area contributed by atoms with Crippen molar-refractivity contribution in [2.75, 3.05) is 0 Å². The van der Waals surface area contributed by atoms with E-state index in [4.69, 9.17) is 11.2 Å². The summed E-state index contributed by atoms with van der Waals surface area (Å²) >= 11 is 4.87. The minimum atomic E-state index is -0.889. The molecule has 0 saturated carbocycles. The van der Waals surface area contributed by atoms with Gasteiger partial charge in [-0.3, -0.25) is 0 Å². The highest BCUT2D eigenvalue weighted by Crippen LogP contribution is 2.30. The summed E-state index contributed by atoms with van der Waals surface area (Å²) in [6, 6.07) is 0. The van der Waals surface area contributed by atoms with E-state index in [1.165, 1.54) is 0 Å². The maximum absolute atomic E-state index is 9.29. The van der Waals surface area contributed by atoms with E-state index in [-0.39, 0.29) is 10.2 Å². The molecule has 0 aliphatic heterocycles. The minimum Gasteiger partial charge on any atom is -0.327 e. The van der Waals surface area contributed by atoms with Crippen molar-refractivity contribution in [1.29, 1.82) is 0 Å². The largest absolute Gasteiger partial charge is 0.327 e. The summed E-state index contributed by atoms with van der Waals surface area (Å²) in [6.45, 7) is 10.5. The molecule has 0 aromatic heterocycles. The quantitative estimate of drug-likeness (QED) is 0.729. The predicted octanol–water partition coefficient (Wildman–Crippen LogP) is 2.75. The van der Waals surface area contributed by atoms with Crippen molar-refractivity contribution < 1.29 is 4.55 Å². The van der Waals surface area contributed by atoms with Gasteiger partial charge in [-0.05, 0) is 36.9 Å². The van der Waals surface area contributed by atoms with Gasteiger partial charge in [0, 0.05) is 14.5 Å². The summed E-state index contributed by atoms with van der Waals surface area (Å²) in [6.07, 6.45) is 0.961. The van der Waals surface area contributed by atoms with E-state index in [9.17, 15) is 4.55 Å². The molecule has 0 aromatic rings. The van der Waals surface area contributed by atoms with E-state index in [2.05, 4.69) is 20.8 Å². The maximum Gasteiger partial charge on any atom is 0.0396 e. The SMILES string of the molecule is CC(C)(C)CC(C)(C)S(O)=S. The van der Waals surface area contributed by atoms with Crippen molar-refractivity contribution in [2.24, 2.45) is 5.41 Å². The molecule has 0 heterocycles. The predicted molar refractivity (Wildman–Crippen MR) is 55.5 cm³/mol. The van der Waals surface area contributed by atoms with E-state index < -0.39 is 9.74 Å². The van der Waals surface area contributed by atoms with Crippen LogP contribution in [0.4, 0.5) is 0 Å². The van der Waals surface area contributed by atoms with Gasteiger partial charge >= 0.3 is 0 Å². The standard InChI is InChI=1S/C8H18OS2/c1-7(2,3)6-8(4,5)11(9)10/h6H2,1-5H3,(H,9,10). The van der Waals surface area contributed by atoms with Crippen molar-refractivity contribution in [1.82, 2.24) is 0 Å². The van der Waals surface area contributed by atoms with Gasteiger partial charge in [0.15, 0.2) is 0 Å². The van der Waals surface area contributed by atoms with Gasteiger partial charge in [0.2, 0.25) is 0 Å². The lowest BCUT2D eigenvalue weighted by Gasteiger charge is -2.30. The molecular formula is C8H18OS2. The zero-order valence-electron chi connectivity index (χ0n) is 7.97. The van der Waals surface area contributed by atoms with Crippen LogP contribution in [0, 0.1) is 5.41 Å². The molecule has 0 fully saturated rings. The lowest BCUT2D eigenvalue weighted by molar-refractivity contribution is 0.333. The van der Waals surface area contributed by atoms with Crippen LogP contribution in [0.15, 0.2) is 0 Å². The summed E-state index contributed by atoms with van der Waals surface area (Å²) in [5.74, 6) is 0. The molecule has 0 amide bonds. The number of hydrogen-bond donors (Lipinski definition) is 1.